The number of esters is 1. The van der Waals surface area contributed by atoms with Gasteiger partial charge in [-0.15, -0.1) is 5.10 Å². The maximum atomic E-state index is 11.7. The van der Waals surface area contributed by atoms with Gasteiger partial charge in [0.2, 0.25) is 5.91 Å². The van der Waals surface area contributed by atoms with E-state index in [9.17, 15) is 9.59 Å². The molecule has 1 rings (SSSR count). The van der Waals surface area contributed by atoms with Crippen molar-refractivity contribution in [2.45, 2.75) is 33.7 Å². The smallest absolute Gasteiger partial charge is 0.360 e. The first-order valence-electron chi connectivity index (χ1n) is 5.89. The minimum absolute atomic E-state index is 0.146. The number of ether oxygens (including phenoxy) is 1. The zero-order valence-corrected chi connectivity index (χ0v) is 11.1. The van der Waals surface area contributed by atoms with Crippen LogP contribution in [0.3, 0.4) is 0 Å². The highest BCUT2D eigenvalue weighted by Crippen LogP contribution is 2.12. The number of carbonyl (C=O) groups excluding carboxylic acids is 2. The summed E-state index contributed by atoms with van der Waals surface area (Å²) in [6.45, 7) is 7.75. The minimum Gasteiger partial charge on any atom is -0.461 e. The second kappa shape index (κ2) is 6.13. The van der Waals surface area contributed by atoms with Crippen LogP contribution in [0.15, 0.2) is 0 Å². The van der Waals surface area contributed by atoms with Gasteiger partial charge in [0.25, 0.3) is 0 Å². The summed E-state index contributed by atoms with van der Waals surface area (Å²) in [6, 6.07) is -0.513. The van der Waals surface area contributed by atoms with Crippen molar-refractivity contribution >= 4 is 11.9 Å². The van der Waals surface area contributed by atoms with Crippen molar-refractivity contribution in [2.75, 3.05) is 13.2 Å². The molecule has 0 aliphatic carbocycles. The van der Waals surface area contributed by atoms with Gasteiger partial charge in [0.05, 0.1) is 12.3 Å². The van der Waals surface area contributed by atoms with Crippen LogP contribution in [0.2, 0.25) is 0 Å². The Kier molecular flexibility index (Phi) is 4.82. The monoisotopic (exact) mass is 254 g/mol. The standard InChI is InChI=1S/C11H18N4O3/c1-5-12-10(16)8(4)15-7(3)9(13-14-15)11(17)18-6-2/h8H,5-6H2,1-4H3,(H,12,16). The predicted octanol–water partition coefficient (Wildman–Crippen LogP) is 0.460. The number of rotatable bonds is 5. The third-order valence-electron chi connectivity index (χ3n) is 2.49. The summed E-state index contributed by atoms with van der Waals surface area (Å²) in [5.74, 6) is -0.690. The molecule has 0 spiro atoms. The number of hydrogen-bond acceptors (Lipinski definition) is 5. The van der Waals surface area contributed by atoms with Gasteiger partial charge in [0, 0.05) is 6.54 Å². The Morgan fingerprint density at radius 1 is 1.44 bits per heavy atom. The number of nitrogens with one attached hydrogen (secondary N) is 1. The fraction of sp³-hybridized carbons (Fsp3) is 0.636. The maximum absolute atomic E-state index is 11.7. The second-order valence-corrected chi connectivity index (χ2v) is 3.76. The Bertz CT molecular complexity index is 441. The molecule has 0 fully saturated rings. The van der Waals surface area contributed by atoms with E-state index in [2.05, 4.69) is 15.6 Å². The average molecular weight is 254 g/mol. The van der Waals surface area contributed by atoms with Crippen LogP contribution in [-0.2, 0) is 9.53 Å². The third kappa shape index (κ3) is 2.85. The zero-order valence-electron chi connectivity index (χ0n) is 11.1. The number of aromatic nitrogens is 3. The Morgan fingerprint density at radius 3 is 2.67 bits per heavy atom. The van der Waals surface area contributed by atoms with E-state index in [-0.39, 0.29) is 18.2 Å². The van der Waals surface area contributed by atoms with E-state index in [0.717, 1.165) is 0 Å². The van der Waals surface area contributed by atoms with Gasteiger partial charge in [0.15, 0.2) is 5.69 Å². The first-order chi connectivity index (χ1) is 8.52. The van der Waals surface area contributed by atoms with Gasteiger partial charge in [-0.05, 0) is 27.7 Å². The highest BCUT2D eigenvalue weighted by Gasteiger charge is 2.23. The average Bonchev–Trinajstić information content (AvgIpc) is 2.71. The Morgan fingerprint density at radius 2 is 2.11 bits per heavy atom. The third-order valence-corrected chi connectivity index (χ3v) is 2.49. The summed E-state index contributed by atoms with van der Waals surface area (Å²) in [5.41, 5.74) is 0.667. The lowest BCUT2D eigenvalue weighted by Crippen LogP contribution is -2.31. The summed E-state index contributed by atoms with van der Waals surface area (Å²) < 4.78 is 6.27. The van der Waals surface area contributed by atoms with Crippen molar-refractivity contribution in [2.24, 2.45) is 0 Å². The summed E-state index contributed by atoms with van der Waals surface area (Å²) in [6.07, 6.45) is 0. The van der Waals surface area contributed by atoms with E-state index in [0.29, 0.717) is 12.2 Å². The molecule has 1 heterocycles. The van der Waals surface area contributed by atoms with Gasteiger partial charge < -0.3 is 10.1 Å². The highest BCUT2D eigenvalue weighted by molar-refractivity contribution is 5.88. The van der Waals surface area contributed by atoms with Gasteiger partial charge in [-0.1, -0.05) is 5.21 Å². The van der Waals surface area contributed by atoms with Gasteiger partial charge in [-0.2, -0.15) is 0 Å². The van der Waals surface area contributed by atoms with Crippen LogP contribution < -0.4 is 5.32 Å². The quantitative estimate of drug-likeness (QED) is 0.771. The molecule has 1 aromatic rings. The molecular weight excluding hydrogens is 236 g/mol. The van der Waals surface area contributed by atoms with Crippen LogP contribution in [-0.4, -0.2) is 40.0 Å². The van der Waals surface area contributed by atoms with Crippen molar-refractivity contribution in [1.82, 2.24) is 20.3 Å². The summed E-state index contributed by atoms with van der Waals surface area (Å²) in [4.78, 5) is 23.2. The molecular formula is C11H18N4O3. The van der Waals surface area contributed by atoms with Gasteiger partial charge in [0.1, 0.15) is 6.04 Å². The topological polar surface area (TPSA) is 86.1 Å². The molecule has 0 aliphatic heterocycles. The Labute approximate surface area is 105 Å². The van der Waals surface area contributed by atoms with Crippen LogP contribution in [0.1, 0.15) is 43.0 Å². The summed E-state index contributed by atoms with van der Waals surface area (Å²) in [7, 11) is 0. The van der Waals surface area contributed by atoms with E-state index in [1.165, 1.54) is 4.68 Å². The van der Waals surface area contributed by atoms with Crippen molar-refractivity contribution in [3.05, 3.63) is 11.4 Å². The Balaban J connectivity index is 2.92. The zero-order chi connectivity index (χ0) is 13.7. The second-order valence-electron chi connectivity index (χ2n) is 3.76. The van der Waals surface area contributed by atoms with Crippen LogP contribution in [0.4, 0.5) is 0 Å². The number of hydrogen-bond donors (Lipinski definition) is 1. The van der Waals surface area contributed by atoms with Crippen LogP contribution in [0.25, 0.3) is 0 Å². The molecule has 18 heavy (non-hydrogen) atoms. The van der Waals surface area contributed by atoms with Crippen LogP contribution in [0, 0.1) is 6.92 Å². The fourth-order valence-electron chi connectivity index (χ4n) is 1.53. The highest BCUT2D eigenvalue weighted by atomic mass is 16.5. The molecule has 7 heteroatoms. The van der Waals surface area contributed by atoms with Crippen LogP contribution in [0.5, 0.6) is 0 Å². The van der Waals surface area contributed by atoms with Crippen LogP contribution >= 0.6 is 0 Å². The molecule has 7 nitrogen and oxygen atoms in total. The molecule has 0 radical (unpaired) electrons. The minimum atomic E-state index is -0.524. The lowest BCUT2D eigenvalue weighted by molar-refractivity contribution is -0.124. The van der Waals surface area contributed by atoms with E-state index in [1.54, 1.807) is 20.8 Å². The first kappa shape index (κ1) is 14.1. The molecule has 1 atom stereocenters. The largest absolute Gasteiger partial charge is 0.461 e. The molecule has 0 saturated carbocycles. The van der Waals surface area contributed by atoms with E-state index >= 15 is 0 Å². The van der Waals surface area contributed by atoms with Crippen molar-refractivity contribution in [3.8, 4) is 0 Å². The lowest BCUT2D eigenvalue weighted by atomic mass is 10.2. The molecule has 0 aliphatic rings. The molecule has 0 aromatic carbocycles. The number of carbonyl (C=O) groups is 2. The SMILES string of the molecule is CCNC(=O)C(C)n1nnc(C(=O)OCC)c1C. The summed E-state index contributed by atoms with van der Waals surface area (Å²) in [5, 5.41) is 10.3. The number of amides is 1. The predicted molar refractivity (Wildman–Crippen MR) is 64.1 cm³/mol. The van der Waals surface area contributed by atoms with E-state index < -0.39 is 12.0 Å². The van der Waals surface area contributed by atoms with E-state index in [4.69, 9.17) is 4.74 Å². The van der Waals surface area contributed by atoms with Crippen molar-refractivity contribution < 1.29 is 14.3 Å². The molecule has 1 aromatic heterocycles. The molecule has 1 N–H and O–H groups in total. The lowest BCUT2D eigenvalue weighted by Gasteiger charge is -2.12. The van der Waals surface area contributed by atoms with Gasteiger partial charge in [-0.3, -0.25) is 4.79 Å². The molecule has 1 amide bonds. The molecule has 1 unspecified atom stereocenters. The Hall–Kier alpha value is -1.92. The first-order valence-corrected chi connectivity index (χ1v) is 5.89. The van der Waals surface area contributed by atoms with Crippen molar-refractivity contribution in [3.63, 3.8) is 0 Å². The normalized spacial score (nSPS) is 12.0. The molecule has 0 bridgehead atoms. The maximum Gasteiger partial charge on any atom is 0.360 e. The number of likely N-dealkylation sites (N-methyl/N-ethyl adjacent to an activating group) is 1. The van der Waals surface area contributed by atoms with Gasteiger partial charge in [-0.25, -0.2) is 9.48 Å². The van der Waals surface area contributed by atoms with Crippen molar-refractivity contribution in [1.29, 1.82) is 0 Å². The fourth-order valence-corrected chi connectivity index (χ4v) is 1.53. The number of nitrogens with zero attached hydrogens (tertiary/aromatic N) is 3. The summed E-state index contributed by atoms with van der Waals surface area (Å²) >= 11 is 0. The molecule has 100 valence electrons. The molecule has 0 saturated heterocycles. The van der Waals surface area contributed by atoms with E-state index in [1.807, 2.05) is 6.92 Å². The van der Waals surface area contributed by atoms with Gasteiger partial charge >= 0.3 is 5.97 Å².